The summed E-state index contributed by atoms with van der Waals surface area (Å²) in [4.78, 5) is 0.426. The highest BCUT2D eigenvalue weighted by atomic mass is 32.2. The van der Waals surface area contributed by atoms with E-state index in [2.05, 4.69) is 5.32 Å². The Bertz CT molecular complexity index is 669. The first kappa shape index (κ1) is 14.7. The third kappa shape index (κ3) is 2.50. The average molecular weight is 319 g/mol. The van der Waals surface area contributed by atoms with Crippen LogP contribution in [0.2, 0.25) is 0 Å². The van der Waals surface area contributed by atoms with E-state index in [9.17, 15) is 8.42 Å². The molecule has 120 valence electrons. The van der Waals surface area contributed by atoms with Gasteiger partial charge in [-0.05, 0) is 67.1 Å². The van der Waals surface area contributed by atoms with Crippen LogP contribution in [0.1, 0.15) is 37.7 Å². The molecule has 22 heavy (non-hydrogen) atoms. The Balaban J connectivity index is 1.42. The predicted octanol–water partition coefficient (Wildman–Crippen LogP) is 3.00. The van der Waals surface area contributed by atoms with Crippen LogP contribution in [-0.4, -0.2) is 20.7 Å². The molecule has 1 aromatic carbocycles. The molecular weight excluding hydrogens is 294 g/mol. The van der Waals surface area contributed by atoms with Crippen LogP contribution < -0.4 is 5.32 Å². The van der Waals surface area contributed by atoms with Crippen molar-refractivity contribution in [2.75, 3.05) is 6.26 Å². The normalized spacial score (nSPS) is 36.7. The molecule has 2 bridgehead atoms. The lowest BCUT2D eigenvalue weighted by atomic mass is 9.79. The van der Waals surface area contributed by atoms with E-state index in [1.54, 1.807) is 6.07 Å². The lowest BCUT2D eigenvalue weighted by Crippen LogP contribution is -2.38. The SMILES string of the molecule is CS(=O)(=O)c1cccc(CNC2CC3CC2C2CCCC32)c1. The zero-order chi connectivity index (χ0) is 15.3. The third-order valence-electron chi connectivity index (χ3n) is 6.32. The van der Waals surface area contributed by atoms with Gasteiger partial charge in [0, 0.05) is 18.8 Å². The molecule has 0 spiro atoms. The summed E-state index contributed by atoms with van der Waals surface area (Å²) in [5.41, 5.74) is 1.08. The Morgan fingerprint density at radius 3 is 2.77 bits per heavy atom. The van der Waals surface area contributed by atoms with Gasteiger partial charge in [-0.15, -0.1) is 0 Å². The molecule has 0 saturated heterocycles. The van der Waals surface area contributed by atoms with Crippen molar-refractivity contribution >= 4 is 9.84 Å². The Kier molecular flexibility index (Phi) is 3.57. The summed E-state index contributed by atoms with van der Waals surface area (Å²) in [5, 5.41) is 3.73. The van der Waals surface area contributed by atoms with E-state index in [4.69, 9.17) is 0 Å². The second kappa shape index (κ2) is 5.34. The first-order chi connectivity index (χ1) is 10.5. The van der Waals surface area contributed by atoms with E-state index < -0.39 is 9.84 Å². The van der Waals surface area contributed by atoms with Gasteiger partial charge >= 0.3 is 0 Å². The predicted molar refractivity (Wildman–Crippen MR) is 87.2 cm³/mol. The van der Waals surface area contributed by atoms with Crippen LogP contribution in [0, 0.1) is 23.7 Å². The Hall–Kier alpha value is -0.870. The number of rotatable bonds is 4. The van der Waals surface area contributed by atoms with Crippen molar-refractivity contribution in [2.45, 2.75) is 49.6 Å². The minimum atomic E-state index is -3.11. The summed E-state index contributed by atoms with van der Waals surface area (Å²) < 4.78 is 23.3. The van der Waals surface area contributed by atoms with Gasteiger partial charge < -0.3 is 5.32 Å². The molecule has 0 radical (unpaired) electrons. The van der Waals surface area contributed by atoms with Gasteiger partial charge in [0.05, 0.1) is 4.90 Å². The maximum absolute atomic E-state index is 11.7. The van der Waals surface area contributed by atoms with E-state index in [-0.39, 0.29) is 0 Å². The molecule has 3 aliphatic carbocycles. The average Bonchev–Trinajstić information content (AvgIpc) is 3.17. The van der Waals surface area contributed by atoms with Gasteiger partial charge in [0.1, 0.15) is 0 Å². The summed E-state index contributed by atoms with van der Waals surface area (Å²) in [6.45, 7) is 0.786. The van der Waals surface area contributed by atoms with Gasteiger partial charge in [-0.25, -0.2) is 8.42 Å². The second-order valence-electron chi connectivity index (χ2n) is 7.56. The molecule has 5 unspecified atom stereocenters. The van der Waals surface area contributed by atoms with Crippen molar-refractivity contribution < 1.29 is 8.42 Å². The molecule has 3 aliphatic rings. The van der Waals surface area contributed by atoms with Crippen molar-refractivity contribution in [3.63, 3.8) is 0 Å². The lowest BCUT2D eigenvalue weighted by molar-refractivity contribution is 0.208. The molecule has 0 aromatic heterocycles. The van der Waals surface area contributed by atoms with Crippen molar-refractivity contribution in [3.8, 4) is 0 Å². The number of hydrogen-bond acceptors (Lipinski definition) is 3. The van der Waals surface area contributed by atoms with Crippen LogP contribution in [0.5, 0.6) is 0 Å². The monoisotopic (exact) mass is 319 g/mol. The van der Waals surface area contributed by atoms with Gasteiger partial charge in [0.25, 0.3) is 0 Å². The van der Waals surface area contributed by atoms with E-state index in [0.29, 0.717) is 10.9 Å². The highest BCUT2D eigenvalue weighted by Gasteiger charge is 2.53. The minimum Gasteiger partial charge on any atom is -0.310 e. The summed E-state index contributed by atoms with van der Waals surface area (Å²) in [7, 11) is -3.11. The maximum atomic E-state index is 11.7. The molecule has 4 heteroatoms. The maximum Gasteiger partial charge on any atom is 0.175 e. The van der Waals surface area contributed by atoms with Gasteiger partial charge in [0.2, 0.25) is 0 Å². The molecule has 3 nitrogen and oxygen atoms in total. The zero-order valence-corrected chi connectivity index (χ0v) is 14.0. The standard InChI is InChI=1S/C18H25NO2S/c1-22(20,21)14-5-2-4-12(8-14)11-19-18-10-13-9-17(18)16-7-3-6-15(13)16/h2,4-5,8,13,15-19H,3,6-7,9-11H2,1H3. The Morgan fingerprint density at radius 1 is 1.14 bits per heavy atom. The molecule has 1 N–H and O–H groups in total. The number of nitrogens with one attached hydrogen (secondary N) is 1. The zero-order valence-electron chi connectivity index (χ0n) is 13.2. The molecule has 4 rings (SSSR count). The van der Waals surface area contributed by atoms with Crippen LogP contribution in [0.4, 0.5) is 0 Å². The molecule has 0 heterocycles. The first-order valence-electron chi connectivity index (χ1n) is 8.55. The third-order valence-corrected chi connectivity index (χ3v) is 7.43. The van der Waals surface area contributed by atoms with E-state index in [0.717, 1.165) is 35.8 Å². The lowest BCUT2D eigenvalue weighted by Gasteiger charge is -2.32. The highest BCUT2D eigenvalue weighted by molar-refractivity contribution is 7.90. The second-order valence-corrected chi connectivity index (χ2v) is 9.58. The van der Waals surface area contributed by atoms with Crippen molar-refractivity contribution in [1.82, 2.24) is 5.32 Å². The molecule has 3 saturated carbocycles. The summed E-state index contributed by atoms with van der Waals surface area (Å²) in [6.07, 6.45) is 8.37. The van der Waals surface area contributed by atoms with Crippen LogP contribution in [0.25, 0.3) is 0 Å². The van der Waals surface area contributed by atoms with Crippen LogP contribution in [0.3, 0.4) is 0 Å². The highest BCUT2D eigenvalue weighted by Crippen LogP contribution is 2.58. The van der Waals surface area contributed by atoms with E-state index in [1.165, 1.54) is 38.4 Å². The molecular formula is C18H25NO2S. The fourth-order valence-corrected chi connectivity index (χ4v) is 6.13. The Labute approximate surface area is 133 Å². The van der Waals surface area contributed by atoms with E-state index >= 15 is 0 Å². The number of sulfone groups is 1. The number of hydrogen-bond donors (Lipinski definition) is 1. The Morgan fingerprint density at radius 2 is 1.95 bits per heavy atom. The van der Waals surface area contributed by atoms with Crippen molar-refractivity contribution in [2.24, 2.45) is 23.7 Å². The van der Waals surface area contributed by atoms with Crippen molar-refractivity contribution in [3.05, 3.63) is 29.8 Å². The van der Waals surface area contributed by atoms with E-state index in [1.807, 2.05) is 18.2 Å². The fourth-order valence-electron chi connectivity index (χ4n) is 5.44. The minimum absolute atomic E-state index is 0.426. The molecule has 0 amide bonds. The quantitative estimate of drug-likeness (QED) is 0.928. The van der Waals surface area contributed by atoms with Gasteiger partial charge in [-0.1, -0.05) is 18.6 Å². The number of benzene rings is 1. The fraction of sp³-hybridized carbons (Fsp3) is 0.667. The summed E-state index contributed by atoms with van der Waals surface area (Å²) >= 11 is 0. The summed E-state index contributed by atoms with van der Waals surface area (Å²) in [6, 6.07) is 8.01. The van der Waals surface area contributed by atoms with Crippen LogP contribution in [0.15, 0.2) is 29.2 Å². The first-order valence-corrected chi connectivity index (χ1v) is 10.4. The topological polar surface area (TPSA) is 46.2 Å². The molecule has 3 fully saturated rings. The number of fused-ring (bicyclic) bond motifs is 5. The summed E-state index contributed by atoms with van der Waals surface area (Å²) in [5.74, 6) is 3.82. The molecule has 1 aromatic rings. The van der Waals surface area contributed by atoms with Gasteiger partial charge in [-0.2, -0.15) is 0 Å². The van der Waals surface area contributed by atoms with Crippen LogP contribution in [-0.2, 0) is 16.4 Å². The van der Waals surface area contributed by atoms with Gasteiger partial charge in [-0.3, -0.25) is 0 Å². The smallest absolute Gasteiger partial charge is 0.175 e. The van der Waals surface area contributed by atoms with Crippen LogP contribution >= 0.6 is 0 Å². The van der Waals surface area contributed by atoms with Gasteiger partial charge in [0.15, 0.2) is 9.84 Å². The van der Waals surface area contributed by atoms with Crippen molar-refractivity contribution in [1.29, 1.82) is 0 Å². The largest absolute Gasteiger partial charge is 0.310 e. The molecule has 0 aliphatic heterocycles. The molecule has 5 atom stereocenters.